The Morgan fingerprint density at radius 2 is 2.29 bits per heavy atom. The van der Waals surface area contributed by atoms with Gasteiger partial charge in [0.1, 0.15) is 0 Å². The number of hydrogen-bond acceptors (Lipinski definition) is 3. The van der Waals surface area contributed by atoms with E-state index in [1.54, 1.807) is 6.20 Å². The zero-order valence-electron chi connectivity index (χ0n) is 10.4. The number of hydrogen-bond donors (Lipinski definition) is 1. The van der Waals surface area contributed by atoms with Gasteiger partial charge >= 0.3 is 0 Å². The molecule has 0 aromatic carbocycles. The lowest BCUT2D eigenvalue weighted by atomic mass is 10.2. The quantitative estimate of drug-likeness (QED) is 0.832. The molecule has 2 rings (SSSR count). The first-order chi connectivity index (χ1) is 8.25. The predicted molar refractivity (Wildman–Crippen MR) is 66.6 cm³/mol. The molecule has 0 unspecified atom stereocenters. The van der Waals surface area contributed by atoms with Crippen molar-refractivity contribution in [2.24, 2.45) is 5.92 Å². The smallest absolute Gasteiger partial charge is 0.156 e. The third kappa shape index (κ3) is 3.46. The molecule has 4 heteroatoms. The molecular formula is C13H19N3O. The van der Waals surface area contributed by atoms with Crippen LogP contribution >= 0.6 is 0 Å². The van der Waals surface area contributed by atoms with Crippen LogP contribution in [0.2, 0.25) is 0 Å². The lowest BCUT2D eigenvalue weighted by molar-refractivity contribution is 0.374. The van der Waals surface area contributed by atoms with E-state index in [0.717, 1.165) is 25.4 Å². The third-order valence-corrected chi connectivity index (χ3v) is 2.60. The molecule has 2 aromatic rings. The van der Waals surface area contributed by atoms with Gasteiger partial charge in [0.15, 0.2) is 5.76 Å². The molecule has 0 spiro atoms. The monoisotopic (exact) mass is 233 g/mol. The Balaban J connectivity index is 1.92. The highest BCUT2D eigenvalue weighted by Gasteiger charge is 2.04. The van der Waals surface area contributed by atoms with Gasteiger partial charge in [0.25, 0.3) is 0 Å². The summed E-state index contributed by atoms with van der Waals surface area (Å²) in [7, 11) is 0. The summed E-state index contributed by atoms with van der Waals surface area (Å²) in [5.41, 5.74) is 1.27. The molecule has 17 heavy (non-hydrogen) atoms. The molecule has 2 aromatic heterocycles. The van der Waals surface area contributed by atoms with Crippen LogP contribution in [-0.2, 0) is 13.1 Å². The Kier molecular flexibility index (Phi) is 3.98. The van der Waals surface area contributed by atoms with Gasteiger partial charge in [-0.15, -0.1) is 0 Å². The van der Waals surface area contributed by atoms with E-state index in [1.807, 2.05) is 6.07 Å². The van der Waals surface area contributed by atoms with Crippen LogP contribution < -0.4 is 5.32 Å². The van der Waals surface area contributed by atoms with Crippen molar-refractivity contribution < 1.29 is 4.52 Å². The van der Waals surface area contributed by atoms with Gasteiger partial charge in [-0.1, -0.05) is 19.0 Å². The predicted octanol–water partition coefficient (Wildman–Crippen LogP) is 2.27. The second-order valence-electron chi connectivity index (χ2n) is 4.63. The van der Waals surface area contributed by atoms with E-state index >= 15 is 0 Å². The summed E-state index contributed by atoms with van der Waals surface area (Å²) >= 11 is 0. The van der Waals surface area contributed by atoms with Gasteiger partial charge < -0.3 is 14.4 Å². The Labute approximate surface area is 102 Å². The second kappa shape index (κ2) is 5.68. The Bertz CT molecular complexity index is 431. The summed E-state index contributed by atoms with van der Waals surface area (Å²) in [6.07, 6.45) is 3.74. The van der Waals surface area contributed by atoms with Gasteiger partial charge in [-0.05, 0) is 24.6 Å². The Morgan fingerprint density at radius 3 is 3.00 bits per heavy atom. The van der Waals surface area contributed by atoms with E-state index in [-0.39, 0.29) is 0 Å². The molecule has 1 N–H and O–H groups in total. The summed E-state index contributed by atoms with van der Waals surface area (Å²) in [4.78, 5) is 0. The molecule has 0 saturated carbocycles. The van der Waals surface area contributed by atoms with Crippen LogP contribution in [0.1, 0.15) is 25.3 Å². The van der Waals surface area contributed by atoms with Crippen LogP contribution in [0.5, 0.6) is 0 Å². The molecule has 92 valence electrons. The van der Waals surface area contributed by atoms with E-state index < -0.39 is 0 Å². The highest BCUT2D eigenvalue weighted by molar-refractivity contribution is 5.09. The maximum absolute atomic E-state index is 5.11. The molecule has 0 radical (unpaired) electrons. The fourth-order valence-electron chi connectivity index (χ4n) is 1.74. The minimum atomic E-state index is 0.674. The van der Waals surface area contributed by atoms with Crippen molar-refractivity contribution >= 4 is 0 Å². The maximum atomic E-state index is 5.11. The van der Waals surface area contributed by atoms with Crippen LogP contribution in [0.3, 0.4) is 0 Å². The first kappa shape index (κ1) is 11.9. The van der Waals surface area contributed by atoms with Crippen LogP contribution in [-0.4, -0.2) is 16.3 Å². The minimum absolute atomic E-state index is 0.674. The first-order valence-corrected chi connectivity index (χ1v) is 6.00. The summed E-state index contributed by atoms with van der Waals surface area (Å²) < 4.78 is 7.29. The van der Waals surface area contributed by atoms with Crippen molar-refractivity contribution in [3.05, 3.63) is 42.0 Å². The fourth-order valence-corrected chi connectivity index (χ4v) is 1.74. The fraction of sp³-hybridized carbons (Fsp3) is 0.462. The van der Waals surface area contributed by atoms with E-state index in [9.17, 15) is 0 Å². The van der Waals surface area contributed by atoms with Crippen molar-refractivity contribution in [3.8, 4) is 0 Å². The standard InChI is InChI=1S/C13H19N3O/c1-11(2)8-14-9-12-4-3-7-16(12)10-13-5-6-15-17-13/h3-7,11,14H,8-10H2,1-2H3. The SMILES string of the molecule is CC(C)CNCc1cccn1Cc1ccno1. The largest absolute Gasteiger partial charge is 0.359 e. The lowest BCUT2D eigenvalue weighted by Gasteiger charge is -2.10. The molecule has 0 amide bonds. The normalized spacial score (nSPS) is 11.2. The van der Waals surface area contributed by atoms with Crippen molar-refractivity contribution in [1.82, 2.24) is 15.0 Å². The third-order valence-electron chi connectivity index (χ3n) is 2.60. The van der Waals surface area contributed by atoms with Crippen molar-refractivity contribution in [2.75, 3.05) is 6.54 Å². The highest BCUT2D eigenvalue weighted by Crippen LogP contribution is 2.07. The van der Waals surface area contributed by atoms with Crippen molar-refractivity contribution in [2.45, 2.75) is 26.9 Å². The summed E-state index contributed by atoms with van der Waals surface area (Å²) in [5, 5.41) is 7.15. The molecule has 0 aliphatic rings. The van der Waals surface area contributed by atoms with Crippen molar-refractivity contribution in [3.63, 3.8) is 0 Å². The van der Waals surface area contributed by atoms with Gasteiger partial charge in [0.2, 0.25) is 0 Å². The topological polar surface area (TPSA) is 43.0 Å². The number of rotatable bonds is 6. The van der Waals surface area contributed by atoms with Crippen LogP contribution in [0.25, 0.3) is 0 Å². The molecular weight excluding hydrogens is 214 g/mol. The molecule has 0 fully saturated rings. The molecule has 0 aliphatic heterocycles. The molecule has 0 bridgehead atoms. The van der Waals surface area contributed by atoms with Gasteiger partial charge in [0.05, 0.1) is 12.7 Å². The van der Waals surface area contributed by atoms with Crippen molar-refractivity contribution in [1.29, 1.82) is 0 Å². The highest BCUT2D eigenvalue weighted by atomic mass is 16.5. The molecule has 0 saturated heterocycles. The van der Waals surface area contributed by atoms with E-state index in [2.05, 4.69) is 47.2 Å². The zero-order chi connectivity index (χ0) is 12.1. The molecule has 2 heterocycles. The average molecular weight is 233 g/mol. The first-order valence-electron chi connectivity index (χ1n) is 6.00. The second-order valence-corrected chi connectivity index (χ2v) is 4.63. The summed E-state index contributed by atoms with van der Waals surface area (Å²) in [6, 6.07) is 6.08. The lowest BCUT2D eigenvalue weighted by Crippen LogP contribution is -2.20. The van der Waals surface area contributed by atoms with Gasteiger partial charge in [-0.3, -0.25) is 0 Å². The van der Waals surface area contributed by atoms with E-state index in [1.165, 1.54) is 5.69 Å². The Morgan fingerprint density at radius 1 is 1.41 bits per heavy atom. The number of nitrogens with zero attached hydrogens (tertiary/aromatic N) is 2. The minimum Gasteiger partial charge on any atom is -0.359 e. The van der Waals surface area contributed by atoms with Crippen LogP contribution in [0, 0.1) is 5.92 Å². The Hall–Kier alpha value is -1.55. The number of nitrogens with one attached hydrogen (secondary N) is 1. The van der Waals surface area contributed by atoms with Crippen LogP contribution in [0.4, 0.5) is 0 Å². The average Bonchev–Trinajstić information content (AvgIpc) is 2.91. The maximum Gasteiger partial charge on any atom is 0.156 e. The summed E-state index contributed by atoms with van der Waals surface area (Å²) in [6.45, 7) is 7.08. The molecule has 0 atom stereocenters. The molecule has 0 aliphatic carbocycles. The van der Waals surface area contributed by atoms with Crippen LogP contribution in [0.15, 0.2) is 35.1 Å². The van der Waals surface area contributed by atoms with E-state index in [4.69, 9.17) is 4.52 Å². The summed E-state index contributed by atoms with van der Waals surface area (Å²) in [5.74, 6) is 1.55. The van der Waals surface area contributed by atoms with Gasteiger partial charge in [-0.2, -0.15) is 0 Å². The van der Waals surface area contributed by atoms with Gasteiger partial charge in [-0.25, -0.2) is 0 Å². The zero-order valence-corrected chi connectivity index (χ0v) is 10.4. The van der Waals surface area contributed by atoms with Gasteiger partial charge in [0, 0.05) is 24.5 Å². The number of aromatic nitrogens is 2. The van der Waals surface area contributed by atoms with E-state index in [0.29, 0.717) is 5.92 Å². The molecule has 4 nitrogen and oxygen atoms in total.